The van der Waals surface area contributed by atoms with Crippen molar-refractivity contribution in [1.82, 2.24) is 9.97 Å². The average Bonchev–Trinajstić information content (AvgIpc) is 2.63. The maximum absolute atomic E-state index is 5.91. The van der Waals surface area contributed by atoms with Gasteiger partial charge in [-0.1, -0.05) is 35.9 Å². The lowest BCUT2D eigenvalue weighted by Gasteiger charge is -2.15. The van der Waals surface area contributed by atoms with Gasteiger partial charge in [-0.25, -0.2) is 4.98 Å². The van der Waals surface area contributed by atoms with Crippen molar-refractivity contribution in [3.05, 3.63) is 71.4 Å². The largest absolute Gasteiger partial charge is 0.489 e. The summed E-state index contributed by atoms with van der Waals surface area (Å²) in [4.78, 5) is 8.77. The molecule has 0 unspecified atom stereocenters. The van der Waals surface area contributed by atoms with Gasteiger partial charge in [-0.15, -0.1) is 0 Å². The number of halogens is 1. The molecule has 0 fully saturated rings. The molecule has 1 heterocycles. The van der Waals surface area contributed by atoms with Crippen molar-refractivity contribution in [3.8, 4) is 5.75 Å². The van der Waals surface area contributed by atoms with Crippen molar-refractivity contribution in [1.29, 1.82) is 0 Å². The number of anilines is 3. The standard InChI is InChI=1S/C20H21ClN4O/c1-14(2)26-18-6-4-3-5-17(18)24-19-11-12-22-20(25-19)23-13-15-7-9-16(21)10-8-15/h3-12,14H,13H2,1-2H3,(H2,22,23,24,25). The van der Waals surface area contributed by atoms with Crippen LogP contribution < -0.4 is 15.4 Å². The molecule has 0 aliphatic rings. The second-order valence-electron chi connectivity index (χ2n) is 6.03. The molecule has 1 aromatic heterocycles. The molecule has 0 radical (unpaired) electrons. The van der Waals surface area contributed by atoms with Gasteiger partial charge < -0.3 is 15.4 Å². The van der Waals surface area contributed by atoms with Crippen molar-refractivity contribution >= 4 is 29.1 Å². The summed E-state index contributed by atoms with van der Waals surface area (Å²) in [7, 11) is 0. The zero-order valence-corrected chi connectivity index (χ0v) is 15.5. The summed E-state index contributed by atoms with van der Waals surface area (Å²) in [5.41, 5.74) is 1.97. The second-order valence-corrected chi connectivity index (χ2v) is 6.47. The number of nitrogens with zero attached hydrogens (tertiary/aromatic N) is 2. The van der Waals surface area contributed by atoms with Crippen molar-refractivity contribution in [2.45, 2.75) is 26.5 Å². The molecule has 2 N–H and O–H groups in total. The van der Waals surface area contributed by atoms with Crippen molar-refractivity contribution < 1.29 is 4.74 Å². The molecule has 3 aromatic rings. The quantitative estimate of drug-likeness (QED) is 0.594. The summed E-state index contributed by atoms with van der Waals surface area (Å²) < 4.78 is 5.83. The van der Waals surface area contributed by atoms with E-state index in [0.717, 1.165) is 22.0 Å². The third-order valence-corrected chi connectivity index (χ3v) is 3.78. The fourth-order valence-corrected chi connectivity index (χ4v) is 2.49. The Labute approximate surface area is 158 Å². The lowest BCUT2D eigenvalue weighted by molar-refractivity contribution is 0.244. The van der Waals surface area contributed by atoms with Gasteiger partial charge in [0.15, 0.2) is 0 Å². The summed E-state index contributed by atoms with van der Waals surface area (Å²) >= 11 is 5.91. The van der Waals surface area contributed by atoms with Crippen LogP contribution in [0.25, 0.3) is 0 Å². The van der Waals surface area contributed by atoms with Gasteiger partial charge >= 0.3 is 0 Å². The van der Waals surface area contributed by atoms with Gasteiger partial charge in [0.25, 0.3) is 0 Å². The summed E-state index contributed by atoms with van der Waals surface area (Å²) in [5.74, 6) is 2.03. The molecule has 0 amide bonds. The van der Waals surface area contributed by atoms with Crippen LogP contribution in [-0.4, -0.2) is 16.1 Å². The van der Waals surface area contributed by atoms with Crippen LogP contribution in [0.1, 0.15) is 19.4 Å². The summed E-state index contributed by atoms with van der Waals surface area (Å²) in [6.07, 6.45) is 1.81. The minimum absolute atomic E-state index is 0.0972. The maximum Gasteiger partial charge on any atom is 0.224 e. The Bertz CT molecular complexity index is 852. The fourth-order valence-electron chi connectivity index (χ4n) is 2.36. The summed E-state index contributed by atoms with van der Waals surface area (Å²) in [6, 6.07) is 17.3. The number of nitrogens with one attached hydrogen (secondary N) is 2. The molecule has 134 valence electrons. The minimum atomic E-state index is 0.0972. The van der Waals surface area contributed by atoms with Crippen LogP contribution in [-0.2, 0) is 6.54 Å². The molecule has 0 bridgehead atoms. The molecule has 6 heteroatoms. The number of rotatable bonds is 7. The van der Waals surface area contributed by atoms with Crippen LogP contribution in [0.4, 0.5) is 17.5 Å². The van der Waals surface area contributed by atoms with Gasteiger partial charge in [0.05, 0.1) is 11.8 Å². The van der Waals surface area contributed by atoms with E-state index < -0.39 is 0 Å². The van der Waals surface area contributed by atoms with E-state index in [9.17, 15) is 0 Å². The number of para-hydroxylation sites is 2. The first kappa shape index (κ1) is 18.0. The maximum atomic E-state index is 5.91. The molecule has 0 atom stereocenters. The molecule has 5 nitrogen and oxygen atoms in total. The van der Waals surface area contributed by atoms with Crippen LogP contribution in [0, 0.1) is 0 Å². The molecule has 2 aromatic carbocycles. The molecule has 0 saturated carbocycles. The smallest absolute Gasteiger partial charge is 0.224 e. The van der Waals surface area contributed by atoms with E-state index in [2.05, 4.69) is 20.6 Å². The Morgan fingerprint density at radius 3 is 2.58 bits per heavy atom. The van der Waals surface area contributed by atoms with Gasteiger partial charge in [-0.2, -0.15) is 4.98 Å². The average molecular weight is 369 g/mol. The first-order valence-electron chi connectivity index (χ1n) is 8.44. The third kappa shape index (κ3) is 5.10. The number of ether oxygens (including phenoxy) is 1. The zero-order chi connectivity index (χ0) is 18.4. The van der Waals surface area contributed by atoms with E-state index in [-0.39, 0.29) is 6.10 Å². The normalized spacial score (nSPS) is 10.6. The SMILES string of the molecule is CC(C)Oc1ccccc1Nc1ccnc(NCc2ccc(Cl)cc2)n1. The first-order valence-corrected chi connectivity index (χ1v) is 8.82. The third-order valence-electron chi connectivity index (χ3n) is 3.53. The molecule has 0 aliphatic heterocycles. The van der Waals surface area contributed by atoms with E-state index in [1.807, 2.05) is 68.4 Å². The van der Waals surface area contributed by atoms with Crippen LogP contribution in [0.3, 0.4) is 0 Å². The highest BCUT2D eigenvalue weighted by atomic mass is 35.5. The van der Waals surface area contributed by atoms with Gasteiger partial charge in [-0.05, 0) is 49.7 Å². The Hall–Kier alpha value is -2.79. The molecular weight excluding hydrogens is 348 g/mol. The number of hydrogen-bond acceptors (Lipinski definition) is 5. The first-order chi connectivity index (χ1) is 12.6. The van der Waals surface area contributed by atoms with Crippen LogP contribution in [0.5, 0.6) is 5.75 Å². The molecule has 0 spiro atoms. The summed E-state index contributed by atoms with van der Waals surface area (Å²) in [5, 5.41) is 7.23. The highest BCUT2D eigenvalue weighted by molar-refractivity contribution is 6.30. The topological polar surface area (TPSA) is 59.1 Å². The number of aromatic nitrogens is 2. The second kappa shape index (κ2) is 8.54. The van der Waals surface area contributed by atoms with E-state index in [4.69, 9.17) is 16.3 Å². The van der Waals surface area contributed by atoms with E-state index in [1.54, 1.807) is 6.20 Å². The molecular formula is C20H21ClN4O. The van der Waals surface area contributed by atoms with E-state index in [1.165, 1.54) is 0 Å². The number of hydrogen-bond donors (Lipinski definition) is 2. The van der Waals surface area contributed by atoms with Gasteiger partial charge in [-0.3, -0.25) is 0 Å². The van der Waals surface area contributed by atoms with Crippen LogP contribution >= 0.6 is 11.6 Å². The number of benzene rings is 2. The van der Waals surface area contributed by atoms with Gasteiger partial charge in [0, 0.05) is 17.8 Å². The molecule has 0 aliphatic carbocycles. The highest BCUT2D eigenvalue weighted by Gasteiger charge is 2.07. The molecule has 3 rings (SSSR count). The van der Waals surface area contributed by atoms with Crippen LogP contribution in [0.15, 0.2) is 60.8 Å². The predicted molar refractivity (Wildman–Crippen MR) is 106 cm³/mol. The zero-order valence-electron chi connectivity index (χ0n) is 14.7. The Kier molecular flexibility index (Phi) is 5.92. The van der Waals surface area contributed by atoms with Gasteiger partial charge in [0.2, 0.25) is 5.95 Å². The predicted octanol–water partition coefficient (Wildman–Crippen LogP) is 5.27. The fraction of sp³-hybridized carbons (Fsp3) is 0.200. The van der Waals surface area contributed by atoms with E-state index in [0.29, 0.717) is 18.3 Å². The molecule has 0 saturated heterocycles. The Morgan fingerprint density at radius 1 is 1.04 bits per heavy atom. The highest BCUT2D eigenvalue weighted by Crippen LogP contribution is 2.27. The van der Waals surface area contributed by atoms with Crippen molar-refractivity contribution in [2.24, 2.45) is 0 Å². The van der Waals surface area contributed by atoms with Crippen molar-refractivity contribution in [2.75, 3.05) is 10.6 Å². The van der Waals surface area contributed by atoms with Crippen LogP contribution in [0.2, 0.25) is 5.02 Å². The lowest BCUT2D eigenvalue weighted by Crippen LogP contribution is -2.08. The Balaban J connectivity index is 1.69. The monoisotopic (exact) mass is 368 g/mol. The van der Waals surface area contributed by atoms with Gasteiger partial charge in [0.1, 0.15) is 11.6 Å². The van der Waals surface area contributed by atoms with Crippen molar-refractivity contribution in [3.63, 3.8) is 0 Å². The minimum Gasteiger partial charge on any atom is -0.489 e. The van der Waals surface area contributed by atoms with E-state index >= 15 is 0 Å². The summed E-state index contributed by atoms with van der Waals surface area (Å²) in [6.45, 7) is 4.62. The lowest BCUT2D eigenvalue weighted by atomic mass is 10.2. The molecule has 26 heavy (non-hydrogen) atoms. The Morgan fingerprint density at radius 2 is 1.81 bits per heavy atom.